The fourth-order valence-corrected chi connectivity index (χ4v) is 5.77. The zero-order valence-corrected chi connectivity index (χ0v) is 24.2. The molecule has 0 atom stereocenters. The molecule has 39 heavy (non-hydrogen) atoms. The summed E-state index contributed by atoms with van der Waals surface area (Å²) in [6.45, 7) is 0.597. The largest absolute Gasteiger partial charge is 0.495 e. The summed E-state index contributed by atoms with van der Waals surface area (Å²) >= 11 is 2.30. The fraction of sp³-hybridized carbons (Fsp3) is 0.308. The van der Waals surface area contributed by atoms with Gasteiger partial charge >= 0.3 is 6.18 Å². The van der Waals surface area contributed by atoms with Crippen LogP contribution in [-0.4, -0.2) is 57.9 Å². The smallest absolute Gasteiger partial charge is 0.406 e. The van der Waals surface area contributed by atoms with E-state index < -0.39 is 22.7 Å². The highest BCUT2D eigenvalue weighted by atomic mass is 127. The van der Waals surface area contributed by atoms with E-state index >= 15 is 0 Å². The molecule has 208 valence electrons. The number of nitrogens with two attached hydrogens (primary N) is 1. The van der Waals surface area contributed by atoms with E-state index in [2.05, 4.69) is 50.0 Å². The topological polar surface area (TPSA) is 102 Å². The molecule has 0 radical (unpaired) electrons. The van der Waals surface area contributed by atoms with E-state index in [0.29, 0.717) is 16.6 Å². The zero-order valence-electron chi connectivity index (χ0n) is 21.2. The number of fused-ring (bicyclic) bond motifs is 1. The number of benzene rings is 2. The number of ether oxygens (including phenoxy) is 1. The fourth-order valence-electron chi connectivity index (χ4n) is 4.26. The van der Waals surface area contributed by atoms with Crippen LogP contribution in [0.1, 0.15) is 12.1 Å². The molecule has 0 amide bonds. The monoisotopic (exact) mass is 673 g/mol. The summed E-state index contributed by atoms with van der Waals surface area (Å²) in [7, 11) is -0.483. The van der Waals surface area contributed by atoms with Crippen molar-refractivity contribution >= 4 is 54.9 Å². The molecule has 0 bridgehead atoms. The molecule has 2 heterocycles. The summed E-state index contributed by atoms with van der Waals surface area (Å²) in [5, 5.41) is 12.3. The van der Waals surface area contributed by atoms with Crippen LogP contribution in [0.4, 0.5) is 24.5 Å². The molecule has 1 aliphatic heterocycles. The van der Waals surface area contributed by atoms with Crippen LogP contribution in [-0.2, 0) is 16.6 Å². The third kappa shape index (κ3) is 7.18. The van der Waals surface area contributed by atoms with Gasteiger partial charge in [0, 0.05) is 45.9 Å². The van der Waals surface area contributed by atoms with Crippen LogP contribution in [0, 0.1) is 11.8 Å². The molecule has 1 aromatic heterocycles. The van der Waals surface area contributed by atoms with Crippen LogP contribution >= 0.6 is 22.6 Å². The number of methoxy groups -OCH3 is 1. The number of hydrogen-bond acceptors (Lipinski definition) is 6. The number of rotatable bonds is 7. The van der Waals surface area contributed by atoms with Gasteiger partial charge in [-0.1, -0.05) is 12.0 Å². The molecule has 0 aliphatic carbocycles. The predicted octanol–water partition coefficient (Wildman–Crippen LogP) is 4.72. The Morgan fingerprint density at radius 3 is 2.62 bits per heavy atom. The number of halogens is 4. The van der Waals surface area contributed by atoms with Crippen molar-refractivity contribution in [2.45, 2.75) is 24.0 Å². The Morgan fingerprint density at radius 2 is 1.95 bits per heavy atom. The van der Waals surface area contributed by atoms with Crippen LogP contribution in [0.3, 0.4) is 0 Å². The maximum Gasteiger partial charge on any atom is 0.406 e. The first-order valence-electron chi connectivity index (χ1n) is 11.8. The van der Waals surface area contributed by atoms with Crippen molar-refractivity contribution in [3.63, 3.8) is 0 Å². The number of aromatic nitrogens is 1. The van der Waals surface area contributed by atoms with Gasteiger partial charge in [-0.15, -0.1) is 0 Å². The lowest BCUT2D eigenvalue weighted by Gasteiger charge is -2.26. The van der Waals surface area contributed by atoms with E-state index in [4.69, 9.17) is 9.88 Å². The molecular formula is C26H27F3IN5O3S. The Kier molecular flexibility index (Phi) is 8.69. The number of likely N-dealkylation sites (N-methyl/N-ethyl adjacent to an activating group) is 1. The van der Waals surface area contributed by atoms with Gasteiger partial charge in [-0.2, -0.15) is 13.2 Å². The van der Waals surface area contributed by atoms with E-state index in [1.807, 2.05) is 13.1 Å². The number of alkyl halides is 3. The van der Waals surface area contributed by atoms with Gasteiger partial charge in [0.05, 0.1) is 35.4 Å². The highest BCUT2D eigenvalue weighted by Gasteiger charge is 2.30. The predicted molar refractivity (Wildman–Crippen MR) is 155 cm³/mol. The van der Waals surface area contributed by atoms with E-state index in [-0.39, 0.29) is 22.9 Å². The Labute approximate surface area is 238 Å². The minimum Gasteiger partial charge on any atom is -0.495 e. The van der Waals surface area contributed by atoms with Crippen molar-refractivity contribution in [3.8, 4) is 17.6 Å². The van der Waals surface area contributed by atoms with Crippen LogP contribution in [0.15, 0.2) is 56.6 Å². The van der Waals surface area contributed by atoms with Gasteiger partial charge < -0.3 is 24.8 Å². The van der Waals surface area contributed by atoms with Crippen molar-refractivity contribution in [1.29, 1.82) is 0 Å². The zero-order chi connectivity index (χ0) is 28.4. The van der Waals surface area contributed by atoms with Gasteiger partial charge in [0.25, 0.3) is 0 Å². The molecule has 0 saturated carbocycles. The minimum atomic E-state index is -4.44. The maximum atomic E-state index is 13.5. The van der Waals surface area contributed by atoms with Gasteiger partial charge in [-0.05, 0) is 65.9 Å². The Hall–Kier alpha value is -2.93. The first-order chi connectivity index (χ1) is 18.4. The Bertz CT molecular complexity index is 1590. The summed E-state index contributed by atoms with van der Waals surface area (Å²) in [6, 6.07) is 11.0. The van der Waals surface area contributed by atoms with Gasteiger partial charge in [0.15, 0.2) is 0 Å². The molecular weight excluding hydrogens is 646 g/mol. The standard InChI is InChI=1S/C26H27F3IN5O3S/c1-34-12-10-22(20(30)15-34)33-21-6-3-7-24-19(21)13-17(35(24)16-26(27,28)29)5-4-11-32-23-9-8-18(39(31,36)37)14-25(23)38-2/h3,6-9,13-14,32-33H,10-12,15-16H2,1-2H3,(H2,31,36,37). The first-order valence-corrected chi connectivity index (χ1v) is 14.4. The number of hydrogen-bond donors (Lipinski definition) is 3. The second-order valence-corrected chi connectivity index (χ2v) is 11.9. The van der Waals surface area contributed by atoms with E-state index in [9.17, 15) is 21.6 Å². The molecule has 2 aromatic carbocycles. The SMILES string of the molecule is COc1cc(S(N)(=O)=O)ccc1NCC#Cc1cc2c(NC3=C(I)CN(C)CC3)cccc2n1CC(F)(F)F. The van der Waals surface area contributed by atoms with Crippen LogP contribution in [0.5, 0.6) is 5.75 Å². The molecule has 0 fully saturated rings. The Balaban J connectivity index is 1.63. The molecule has 4 rings (SSSR count). The van der Waals surface area contributed by atoms with E-state index in [1.165, 1.54) is 29.9 Å². The second-order valence-electron chi connectivity index (χ2n) is 9.03. The number of sulfonamides is 1. The number of nitrogens with one attached hydrogen (secondary N) is 2. The van der Waals surface area contributed by atoms with Gasteiger partial charge in [0.1, 0.15) is 12.3 Å². The molecule has 0 saturated heterocycles. The van der Waals surface area contributed by atoms with Crippen molar-refractivity contribution in [1.82, 2.24) is 9.47 Å². The molecule has 8 nitrogen and oxygen atoms in total. The van der Waals surface area contributed by atoms with E-state index in [1.54, 1.807) is 18.2 Å². The third-order valence-corrected chi connectivity index (χ3v) is 8.04. The molecule has 13 heteroatoms. The molecule has 0 unspecified atom stereocenters. The summed E-state index contributed by atoms with van der Waals surface area (Å²) in [4.78, 5) is 2.10. The van der Waals surface area contributed by atoms with Crippen LogP contribution in [0.25, 0.3) is 10.9 Å². The highest BCUT2D eigenvalue weighted by molar-refractivity contribution is 14.1. The van der Waals surface area contributed by atoms with E-state index in [0.717, 1.165) is 34.5 Å². The normalized spacial score (nSPS) is 14.7. The van der Waals surface area contributed by atoms with Crippen molar-refractivity contribution < 1.29 is 26.3 Å². The van der Waals surface area contributed by atoms with Gasteiger partial charge in [0.2, 0.25) is 10.0 Å². The molecule has 4 N–H and O–H groups in total. The quantitative estimate of drug-likeness (QED) is 0.248. The summed E-state index contributed by atoms with van der Waals surface area (Å²) in [5.41, 5.74) is 2.90. The van der Waals surface area contributed by atoms with Gasteiger partial charge in [-0.3, -0.25) is 0 Å². The molecule has 0 spiro atoms. The van der Waals surface area contributed by atoms with Gasteiger partial charge in [-0.25, -0.2) is 13.6 Å². The lowest BCUT2D eigenvalue weighted by Crippen LogP contribution is -2.28. The average Bonchev–Trinajstić information content (AvgIpc) is 3.19. The maximum absolute atomic E-state index is 13.5. The third-order valence-electron chi connectivity index (χ3n) is 6.13. The molecule has 3 aromatic rings. The highest BCUT2D eigenvalue weighted by Crippen LogP contribution is 2.33. The number of anilines is 2. The first kappa shape index (κ1) is 29.1. The van der Waals surface area contributed by atoms with Crippen LogP contribution < -0.4 is 20.5 Å². The van der Waals surface area contributed by atoms with Crippen LogP contribution in [0.2, 0.25) is 0 Å². The Morgan fingerprint density at radius 1 is 1.18 bits per heavy atom. The summed E-state index contributed by atoms with van der Waals surface area (Å²) in [6.07, 6.45) is -3.62. The summed E-state index contributed by atoms with van der Waals surface area (Å²) in [5.74, 6) is 5.96. The minimum absolute atomic E-state index is 0.0718. The lowest BCUT2D eigenvalue weighted by molar-refractivity contribution is -0.140. The second kappa shape index (κ2) is 11.7. The molecule has 1 aliphatic rings. The van der Waals surface area contributed by atoms with Crippen molar-refractivity contribution in [2.24, 2.45) is 5.14 Å². The summed E-state index contributed by atoms with van der Waals surface area (Å²) < 4.78 is 71.3. The lowest BCUT2D eigenvalue weighted by atomic mass is 10.1. The number of nitrogens with zero attached hydrogens (tertiary/aromatic N) is 2. The van der Waals surface area contributed by atoms with Crippen molar-refractivity contribution in [3.05, 3.63) is 57.4 Å². The van der Waals surface area contributed by atoms with Crippen molar-refractivity contribution in [2.75, 3.05) is 44.4 Å². The average molecular weight is 673 g/mol. The number of primary sulfonamides is 1.